The Morgan fingerprint density at radius 2 is 1.88 bits per heavy atom. The van der Waals surface area contributed by atoms with Crippen LogP contribution < -0.4 is 5.73 Å². The van der Waals surface area contributed by atoms with E-state index in [1.165, 1.54) is 18.2 Å². The van der Waals surface area contributed by atoms with Gasteiger partial charge < -0.3 is 5.73 Å². The Hall–Kier alpha value is -1.45. The number of hydrogen-bond acceptors (Lipinski definition) is 1. The van der Waals surface area contributed by atoms with E-state index in [-0.39, 0.29) is 12.0 Å². The van der Waals surface area contributed by atoms with Gasteiger partial charge in [0, 0.05) is 17.4 Å². The smallest absolute Gasteiger partial charge is 0.218 e. The molecule has 86 valence electrons. The van der Waals surface area contributed by atoms with Crippen LogP contribution in [0.3, 0.4) is 0 Å². The zero-order valence-electron chi connectivity index (χ0n) is 8.80. The number of nitrogens with two attached hydrogens (primary N) is 1. The molecular weight excluding hydrogens is 212 g/mol. The molecule has 1 aliphatic rings. The third kappa shape index (κ3) is 1.68. The van der Waals surface area contributed by atoms with Gasteiger partial charge in [-0.1, -0.05) is 12.5 Å². The Bertz CT molecular complexity index is 407. The largest absolute Gasteiger partial charge is 0.370 e. The molecule has 0 unspecified atom stereocenters. The first-order valence-corrected chi connectivity index (χ1v) is 5.28. The van der Waals surface area contributed by atoms with E-state index in [0.717, 1.165) is 6.42 Å². The van der Waals surface area contributed by atoms with Crippen molar-refractivity contribution in [1.82, 2.24) is 0 Å². The van der Waals surface area contributed by atoms with Crippen molar-refractivity contribution in [3.63, 3.8) is 0 Å². The van der Waals surface area contributed by atoms with Gasteiger partial charge in [0.25, 0.3) is 0 Å². The van der Waals surface area contributed by atoms with Gasteiger partial charge in [0.2, 0.25) is 5.91 Å². The minimum Gasteiger partial charge on any atom is -0.370 e. The summed E-state index contributed by atoms with van der Waals surface area (Å²) in [6.45, 7) is 0. The van der Waals surface area contributed by atoms with Gasteiger partial charge in [0.1, 0.15) is 11.6 Å². The summed E-state index contributed by atoms with van der Waals surface area (Å²) >= 11 is 0. The number of benzene rings is 1. The molecule has 1 fully saturated rings. The van der Waals surface area contributed by atoms with E-state index in [1.807, 2.05) is 0 Å². The van der Waals surface area contributed by atoms with Gasteiger partial charge >= 0.3 is 0 Å². The number of carbonyl (C=O) groups is 1. The zero-order chi connectivity index (χ0) is 11.8. The van der Waals surface area contributed by atoms with Crippen molar-refractivity contribution < 1.29 is 13.6 Å². The Labute approximate surface area is 92.4 Å². The molecule has 0 spiro atoms. The van der Waals surface area contributed by atoms with Gasteiger partial charge in [-0.15, -0.1) is 0 Å². The highest BCUT2D eigenvalue weighted by atomic mass is 19.1. The summed E-state index contributed by atoms with van der Waals surface area (Å²) in [4.78, 5) is 11.0. The van der Waals surface area contributed by atoms with Crippen LogP contribution in [-0.2, 0) is 10.2 Å². The number of amides is 1. The maximum Gasteiger partial charge on any atom is 0.218 e. The standard InChI is InChI=1S/C12H13F2NO/c13-8-3-1-4-9(14)11(8)12(5-2-6-12)7-10(15)16/h1,3-4H,2,5-7H2,(H2,15,16). The van der Waals surface area contributed by atoms with Crippen LogP contribution in [0.1, 0.15) is 31.2 Å². The fourth-order valence-electron chi connectivity index (χ4n) is 2.46. The van der Waals surface area contributed by atoms with Crippen LogP contribution >= 0.6 is 0 Å². The molecule has 0 atom stereocenters. The Balaban J connectivity index is 2.44. The highest BCUT2D eigenvalue weighted by Crippen LogP contribution is 2.48. The lowest BCUT2D eigenvalue weighted by Gasteiger charge is -2.41. The lowest BCUT2D eigenvalue weighted by atomic mass is 9.62. The van der Waals surface area contributed by atoms with Gasteiger partial charge in [0.15, 0.2) is 0 Å². The molecule has 1 aromatic carbocycles. The van der Waals surface area contributed by atoms with Gasteiger partial charge in [-0.2, -0.15) is 0 Å². The molecule has 2 nitrogen and oxygen atoms in total. The fraction of sp³-hybridized carbons (Fsp3) is 0.417. The second kappa shape index (κ2) is 3.85. The minimum atomic E-state index is -0.707. The normalized spacial score (nSPS) is 17.9. The lowest BCUT2D eigenvalue weighted by molar-refractivity contribution is -0.120. The summed E-state index contributed by atoms with van der Waals surface area (Å²) in [5, 5.41) is 0. The monoisotopic (exact) mass is 225 g/mol. The first-order valence-electron chi connectivity index (χ1n) is 5.28. The number of halogens is 2. The van der Waals surface area contributed by atoms with Crippen molar-refractivity contribution >= 4 is 5.91 Å². The predicted octanol–water partition coefficient (Wildman–Crippen LogP) is 2.26. The average Bonchev–Trinajstić information content (AvgIpc) is 2.12. The van der Waals surface area contributed by atoms with Crippen LogP contribution in [0.15, 0.2) is 18.2 Å². The van der Waals surface area contributed by atoms with Crippen LogP contribution in [0.4, 0.5) is 8.78 Å². The second-order valence-corrected chi connectivity index (χ2v) is 4.37. The molecule has 4 heteroatoms. The van der Waals surface area contributed by atoms with Crippen LogP contribution in [0, 0.1) is 11.6 Å². The topological polar surface area (TPSA) is 43.1 Å². The number of carbonyl (C=O) groups excluding carboxylic acids is 1. The summed E-state index contributed by atoms with van der Waals surface area (Å²) in [5.41, 5.74) is 4.46. The maximum atomic E-state index is 13.6. The van der Waals surface area contributed by atoms with E-state index in [4.69, 9.17) is 5.73 Å². The number of hydrogen-bond donors (Lipinski definition) is 1. The predicted molar refractivity (Wildman–Crippen MR) is 55.7 cm³/mol. The van der Waals surface area contributed by atoms with Gasteiger partial charge in [-0.25, -0.2) is 8.78 Å². The molecule has 2 N–H and O–H groups in total. The van der Waals surface area contributed by atoms with Crippen molar-refractivity contribution in [2.45, 2.75) is 31.1 Å². The second-order valence-electron chi connectivity index (χ2n) is 4.37. The first-order chi connectivity index (χ1) is 7.55. The van der Waals surface area contributed by atoms with E-state index in [1.54, 1.807) is 0 Å². The van der Waals surface area contributed by atoms with Crippen molar-refractivity contribution in [1.29, 1.82) is 0 Å². The summed E-state index contributed by atoms with van der Waals surface area (Å²) in [6.07, 6.45) is 2.13. The van der Waals surface area contributed by atoms with E-state index in [0.29, 0.717) is 12.8 Å². The fourth-order valence-corrected chi connectivity index (χ4v) is 2.46. The SMILES string of the molecule is NC(=O)CC1(c2c(F)cccc2F)CCC1. The molecule has 16 heavy (non-hydrogen) atoms. The van der Waals surface area contributed by atoms with Crippen LogP contribution in [-0.4, -0.2) is 5.91 Å². The molecule has 0 aromatic heterocycles. The minimum absolute atomic E-state index is 0.0187. The van der Waals surface area contributed by atoms with Crippen LogP contribution in [0.2, 0.25) is 0 Å². The molecule has 2 rings (SSSR count). The van der Waals surface area contributed by atoms with Gasteiger partial charge in [-0.3, -0.25) is 4.79 Å². The Morgan fingerprint density at radius 1 is 1.31 bits per heavy atom. The first kappa shape index (κ1) is 11.0. The molecule has 0 radical (unpaired) electrons. The molecule has 1 saturated carbocycles. The molecule has 0 saturated heterocycles. The van der Waals surface area contributed by atoms with Crippen molar-refractivity contribution in [3.8, 4) is 0 Å². The molecular formula is C12H13F2NO. The summed E-state index contributed by atoms with van der Waals surface area (Å²) in [7, 11) is 0. The van der Waals surface area contributed by atoms with Gasteiger partial charge in [-0.05, 0) is 25.0 Å². The molecule has 0 aliphatic heterocycles. The number of primary amides is 1. The van der Waals surface area contributed by atoms with Crippen LogP contribution in [0.25, 0.3) is 0 Å². The average molecular weight is 225 g/mol. The van der Waals surface area contributed by atoms with Gasteiger partial charge in [0.05, 0.1) is 0 Å². The van der Waals surface area contributed by atoms with Crippen molar-refractivity contribution in [2.75, 3.05) is 0 Å². The van der Waals surface area contributed by atoms with E-state index < -0.39 is 23.0 Å². The highest BCUT2D eigenvalue weighted by Gasteiger charge is 2.43. The van der Waals surface area contributed by atoms with E-state index in [2.05, 4.69) is 0 Å². The quantitative estimate of drug-likeness (QED) is 0.842. The molecule has 1 amide bonds. The molecule has 0 heterocycles. The maximum absolute atomic E-state index is 13.6. The highest BCUT2D eigenvalue weighted by molar-refractivity contribution is 5.76. The molecule has 0 bridgehead atoms. The van der Waals surface area contributed by atoms with Crippen molar-refractivity contribution in [3.05, 3.63) is 35.4 Å². The van der Waals surface area contributed by atoms with Crippen LogP contribution in [0.5, 0.6) is 0 Å². The summed E-state index contributed by atoms with van der Waals surface area (Å²) in [6, 6.07) is 3.77. The third-order valence-corrected chi connectivity index (χ3v) is 3.32. The Kier molecular flexibility index (Phi) is 2.66. The Morgan fingerprint density at radius 3 is 2.25 bits per heavy atom. The van der Waals surface area contributed by atoms with E-state index in [9.17, 15) is 13.6 Å². The number of rotatable bonds is 3. The summed E-state index contributed by atoms with van der Waals surface area (Å²) < 4.78 is 27.2. The molecule has 1 aliphatic carbocycles. The third-order valence-electron chi connectivity index (χ3n) is 3.32. The lowest BCUT2D eigenvalue weighted by Crippen LogP contribution is -2.40. The zero-order valence-corrected chi connectivity index (χ0v) is 8.80. The summed E-state index contributed by atoms with van der Waals surface area (Å²) in [5.74, 6) is -1.68. The molecule has 1 aromatic rings. The van der Waals surface area contributed by atoms with Crippen molar-refractivity contribution in [2.24, 2.45) is 5.73 Å². The van der Waals surface area contributed by atoms with E-state index >= 15 is 0 Å².